The van der Waals surface area contributed by atoms with Crippen molar-refractivity contribution in [3.8, 4) is 0 Å². The molecule has 0 spiro atoms. The molecule has 0 radical (unpaired) electrons. The Balaban J connectivity index is 5.13. The molecule has 22 heavy (non-hydrogen) atoms. The molecule has 1 atom stereocenters. The van der Waals surface area contributed by atoms with Crippen LogP contribution >= 0.6 is 0 Å². The van der Waals surface area contributed by atoms with Gasteiger partial charge in [-0.3, -0.25) is 0 Å². The molecular weight excluding hydrogens is 324 g/mol. The first-order valence-electron chi connectivity index (χ1n) is 9.08. The van der Waals surface area contributed by atoms with E-state index < -0.39 is 25.2 Å². The third-order valence-corrected chi connectivity index (χ3v) is 14.3. The second-order valence-electron chi connectivity index (χ2n) is 7.83. The Hall–Kier alpha value is 0.531. The molecule has 0 bridgehead atoms. The van der Waals surface area contributed by atoms with E-state index in [4.69, 9.17) is 13.0 Å². The van der Waals surface area contributed by atoms with Crippen molar-refractivity contribution < 1.29 is 13.0 Å². The molecule has 1 unspecified atom stereocenters. The first-order chi connectivity index (χ1) is 10.1. The Morgan fingerprint density at radius 3 is 1.82 bits per heavy atom. The van der Waals surface area contributed by atoms with E-state index in [1.165, 1.54) is 19.3 Å². The van der Waals surface area contributed by atoms with Crippen LogP contribution in [0.15, 0.2) is 0 Å². The van der Waals surface area contributed by atoms with Gasteiger partial charge in [0.25, 0.3) is 0 Å². The summed E-state index contributed by atoms with van der Waals surface area (Å²) in [7, 11) is -5.53. The first kappa shape index (κ1) is 22.5. The predicted octanol–water partition coefficient (Wildman–Crippen LogP) is 5.68. The fourth-order valence-electron chi connectivity index (χ4n) is 2.81. The smallest absolute Gasteiger partial charge is 0.317 e. The molecule has 0 amide bonds. The van der Waals surface area contributed by atoms with E-state index in [0.717, 1.165) is 31.3 Å². The van der Waals surface area contributed by atoms with Crippen LogP contribution in [-0.4, -0.2) is 38.0 Å². The van der Waals surface area contributed by atoms with Gasteiger partial charge >= 0.3 is 8.56 Å². The number of ether oxygens (including phenoxy) is 1. The maximum Gasteiger partial charge on any atom is 0.317 e. The highest BCUT2D eigenvalue weighted by molar-refractivity contribution is 6.88. The van der Waals surface area contributed by atoms with Crippen molar-refractivity contribution in [2.45, 2.75) is 91.3 Å². The average Bonchev–Trinajstić information content (AvgIpc) is 2.34. The van der Waals surface area contributed by atoms with Crippen molar-refractivity contribution in [3.05, 3.63) is 0 Å². The van der Waals surface area contributed by atoms with Crippen molar-refractivity contribution in [3.63, 3.8) is 0 Å². The monoisotopic (exact) mass is 364 g/mol. The fourth-order valence-corrected chi connectivity index (χ4v) is 16.2. The number of hydrogen-bond donors (Lipinski definition) is 0. The quantitative estimate of drug-likeness (QED) is 0.311. The average molecular weight is 365 g/mol. The summed E-state index contributed by atoms with van der Waals surface area (Å²) in [4.78, 5) is 0. The summed E-state index contributed by atoms with van der Waals surface area (Å²) < 4.78 is 19.3. The zero-order valence-corrected chi connectivity index (χ0v) is 19.4. The zero-order chi connectivity index (χ0) is 17.3. The van der Waals surface area contributed by atoms with E-state index in [9.17, 15) is 0 Å². The summed E-state index contributed by atoms with van der Waals surface area (Å²) in [6, 6.07) is 2.28. The van der Waals surface area contributed by atoms with Crippen LogP contribution in [0.2, 0.25) is 44.8 Å². The van der Waals surface area contributed by atoms with Crippen molar-refractivity contribution in [1.82, 2.24) is 0 Å². The van der Waals surface area contributed by atoms with Crippen molar-refractivity contribution in [2.24, 2.45) is 0 Å². The van der Waals surface area contributed by atoms with Gasteiger partial charge < -0.3 is 13.0 Å². The van der Waals surface area contributed by atoms with E-state index in [0.29, 0.717) is 0 Å². The van der Waals surface area contributed by atoms with Crippen LogP contribution in [-0.2, 0) is 13.0 Å². The molecule has 0 aliphatic carbocycles. The Morgan fingerprint density at radius 2 is 1.36 bits per heavy atom. The molecular formula is C16H40O3Si3. The largest absolute Gasteiger partial charge is 0.436 e. The van der Waals surface area contributed by atoms with E-state index >= 15 is 0 Å². The summed E-state index contributed by atoms with van der Waals surface area (Å²) in [5.41, 5.74) is 0. The molecule has 0 heterocycles. The molecule has 0 fully saturated rings. The second-order valence-corrected chi connectivity index (χ2v) is 20.3. The van der Waals surface area contributed by atoms with Crippen LogP contribution < -0.4 is 0 Å². The molecule has 0 aromatic rings. The molecule has 0 rings (SSSR count). The van der Waals surface area contributed by atoms with Gasteiger partial charge in [-0.1, -0.05) is 39.5 Å². The third kappa shape index (κ3) is 10.3. The van der Waals surface area contributed by atoms with Crippen LogP contribution in [0, 0.1) is 0 Å². The van der Waals surface area contributed by atoms with Gasteiger partial charge in [0, 0.05) is 6.61 Å². The standard InChI is InChI=1S/C16H40O3Si3/c1-9-12-13-15-22(14-10-2,18-20(4,5)6)19-21(7,8)16-17-11-3/h9-16H2,1-8H3. The zero-order valence-electron chi connectivity index (χ0n) is 16.4. The molecule has 0 aromatic carbocycles. The first-order valence-corrected chi connectivity index (χ1v) is 17.8. The minimum absolute atomic E-state index is 0.771. The van der Waals surface area contributed by atoms with Gasteiger partial charge in [-0.25, -0.2) is 0 Å². The lowest BCUT2D eigenvalue weighted by Gasteiger charge is -2.42. The molecule has 0 saturated carbocycles. The lowest BCUT2D eigenvalue weighted by molar-refractivity contribution is 0.176. The van der Waals surface area contributed by atoms with Crippen LogP contribution in [0.1, 0.15) is 46.5 Å². The highest BCUT2D eigenvalue weighted by Crippen LogP contribution is 2.31. The topological polar surface area (TPSA) is 27.7 Å². The molecule has 0 aliphatic heterocycles. The van der Waals surface area contributed by atoms with Crippen molar-refractivity contribution in [2.75, 3.05) is 12.8 Å². The van der Waals surface area contributed by atoms with Gasteiger partial charge in [0.05, 0.1) is 6.23 Å². The molecule has 0 N–H and O–H groups in total. The Kier molecular flexibility index (Phi) is 10.7. The summed E-state index contributed by atoms with van der Waals surface area (Å²) in [5.74, 6) is 0. The van der Waals surface area contributed by atoms with Gasteiger partial charge in [-0.15, -0.1) is 0 Å². The normalized spacial score (nSPS) is 15.8. The summed E-state index contributed by atoms with van der Waals surface area (Å²) in [6.45, 7) is 18.8. The van der Waals surface area contributed by atoms with Gasteiger partial charge in [0.2, 0.25) is 8.32 Å². The lowest BCUT2D eigenvalue weighted by Crippen LogP contribution is -2.56. The fraction of sp³-hybridized carbons (Fsp3) is 1.00. The minimum Gasteiger partial charge on any atom is -0.436 e. The van der Waals surface area contributed by atoms with Gasteiger partial charge in [-0.2, -0.15) is 0 Å². The molecule has 134 valence electrons. The van der Waals surface area contributed by atoms with E-state index in [2.05, 4.69) is 53.5 Å². The summed E-state index contributed by atoms with van der Waals surface area (Å²) in [6.07, 6.45) is 5.71. The van der Waals surface area contributed by atoms with Crippen molar-refractivity contribution >= 4 is 25.2 Å². The maximum atomic E-state index is 6.86. The third-order valence-electron chi connectivity index (χ3n) is 3.40. The predicted molar refractivity (Wildman–Crippen MR) is 105 cm³/mol. The minimum atomic E-state index is -2.11. The highest BCUT2D eigenvalue weighted by atomic mass is 28.5. The molecule has 6 heteroatoms. The van der Waals surface area contributed by atoms with Gasteiger partial charge in [0.15, 0.2) is 8.32 Å². The SMILES string of the molecule is CCCCC[Si](CCC)(O[Si](C)(C)C)O[Si](C)(C)COCC. The maximum absolute atomic E-state index is 6.86. The van der Waals surface area contributed by atoms with E-state index in [1.807, 2.05) is 0 Å². The van der Waals surface area contributed by atoms with Crippen LogP contribution in [0.25, 0.3) is 0 Å². The molecule has 0 aliphatic rings. The van der Waals surface area contributed by atoms with Crippen LogP contribution in [0.3, 0.4) is 0 Å². The van der Waals surface area contributed by atoms with Gasteiger partial charge in [0.1, 0.15) is 0 Å². The molecule has 0 saturated heterocycles. The number of hydrogen-bond acceptors (Lipinski definition) is 3. The molecule has 3 nitrogen and oxygen atoms in total. The molecule has 0 aromatic heterocycles. The number of rotatable bonds is 13. The summed E-state index contributed by atoms with van der Waals surface area (Å²) in [5, 5.41) is 0. The Morgan fingerprint density at radius 1 is 0.727 bits per heavy atom. The van der Waals surface area contributed by atoms with E-state index in [-0.39, 0.29) is 0 Å². The lowest BCUT2D eigenvalue weighted by atomic mass is 10.3. The van der Waals surface area contributed by atoms with Gasteiger partial charge in [-0.05, 0) is 51.7 Å². The van der Waals surface area contributed by atoms with Crippen molar-refractivity contribution in [1.29, 1.82) is 0 Å². The number of unbranched alkanes of at least 4 members (excludes halogenated alkanes) is 2. The Bertz CT molecular complexity index is 293. The van der Waals surface area contributed by atoms with Crippen LogP contribution in [0.4, 0.5) is 0 Å². The van der Waals surface area contributed by atoms with E-state index in [1.54, 1.807) is 0 Å². The summed E-state index contributed by atoms with van der Waals surface area (Å²) >= 11 is 0. The second kappa shape index (κ2) is 10.4. The Labute approximate surface area is 142 Å². The van der Waals surface area contributed by atoms with Crippen LogP contribution in [0.5, 0.6) is 0 Å². The highest BCUT2D eigenvalue weighted by Gasteiger charge is 2.44.